The molecule has 0 bridgehead atoms. The van der Waals surface area contributed by atoms with Gasteiger partial charge in [0.05, 0.1) is 18.3 Å². The maximum atomic E-state index is 10.9. The van der Waals surface area contributed by atoms with Crippen molar-refractivity contribution in [2.24, 2.45) is 0 Å². The number of hydrogen-bond donors (Lipinski definition) is 3. The van der Waals surface area contributed by atoms with Crippen molar-refractivity contribution in [1.82, 2.24) is 10.3 Å². The van der Waals surface area contributed by atoms with Gasteiger partial charge in [-0.2, -0.15) is 0 Å². The van der Waals surface area contributed by atoms with Gasteiger partial charge in [0.2, 0.25) is 0 Å². The van der Waals surface area contributed by atoms with E-state index in [2.05, 4.69) is 10.3 Å². The Kier molecular flexibility index (Phi) is 5.32. The van der Waals surface area contributed by atoms with Crippen LogP contribution in [0.2, 0.25) is 0 Å². The van der Waals surface area contributed by atoms with E-state index in [9.17, 15) is 9.90 Å². The molecule has 0 aliphatic rings. The standard InChI is InChI=1S/C11H20N2O3S/c1-11(2,3)16-6-9(14)5-12-4-8-7-17-10(15)13-8/h7,9,12,14H,4-6H2,1-3H3,(H,13,15). The van der Waals surface area contributed by atoms with Crippen LogP contribution < -0.4 is 10.2 Å². The molecule has 1 atom stereocenters. The lowest BCUT2D eigenvalue weighted by Gasteiger charge is -2.22. The number of hydrogen-bond acceptors (Lipinski definition) is 5. The van der Waals surface area contributed by atoms with Crippen molar-refractivity contribution in [2.75, 3.05) is 13.2 Å². The first-order chi connectivity index (χ1) is 7.87. The number of H-pyrrole nitrogens is 1. The van der Waals surface area contributed by atoms with E-state index in [1.165, 1.54) is 0 Å². The number of rotatable bonds is 6. The summed E-state index contributed by atoms with van der Waals surface area (Å²) in [6, 6.07) is 0. The van der Waals surface area contributed by atoms with Crippen LogP contribution in [-0.2, 0) is 11.3 Å². The molecule has 98 valence electrons. The molecule has 0 fully saturated rings. The number of aromatic nitrogens is 1. The average molecular weight is 260 g/mol. The van der Waals surface area contributed by atoms with E-state index < -0.39 is 6.10 Å². The molecular weight excluding hydrogens is 240 g/mol. The van der Waals surface area contributed by atoms with Gasteiger partial charge < -0.3 is 20.1 Å². The van der Waals surface area contributed by atoms with Gasteiger partial charge in [0, 0.05) is 24.2 Å². The van der Waals surface area contributed by atoms with Crippen molar-refractivity contribution in [3.8, 4) is 0 Å². The molecule has 0 aromatic carbocycles. The molecule has 6 heteroatoms. The molecule has 5 nitrogen and oxygen atoms in total. The molecule has 1 heterocycles. The summed E-state index contributed by atoms with van der Waals surface area (Å²) in [5.74, 6) is 0. The molecule has 0 saturated carbocycles. The molecule has 3 N–H and O–H groups in total. The molecule has 1 unspecified atom stereocenters. The fourth-order valence-electron chi connectivity index (χ4n) is 1.18. The molecule has 1 rings (SSSR count). The Bertz CT molecular complexity index is 381. The normalized spacial score (nSPS) is 13.9. The van der Waals surface area contributed by atoms with E-state index in [-0.39, 0.29) is 10.5 Å². The van der Waals surface area contributed by atoms with Crippen LogP contribution in [0.1, 0.15) is 26.5 Å². The van der Waals surface area contributed by atoms with Crippen molar-refractivity contribution in [1.29, 1.82) is 0 Å². The van der Waals surface area contributed by atoms with Crippen LogP contribution >= 0.6 is 11.3 Å². The van der Waals surface area contributed by atoms with Gasteiger partial charge >= 0.3 is 4.87 Å². The van der Waals surface area contributed by atoms with Gasteiger partial charge in [-0.25, -0.2) is 0 Å². The highest BCUT2D eigenvalue weighted by atomic mass is 32.1. The van der Waals surface area contributed by atoms with Crippen molar-refractivity contribution >= 4 is 11.3 Å². The number of nitrogens with one attached hydrogen (secondary N) is 2. The van der Waals surface area contributed by atoms with E-state index in [0.29, 0.717) is 19.7 Å². The quantitative estimate of drug-likeness (QED) is 0.704. The minimum Gasteiger partial charge on any atom is -0.389 e. The fourth-order valence-corrected chi connectivity index (χ4v) is 1.76. The molecular formula is C11H20N2O3S. The molecule has 0 spiro atoms. The minimum absolute atomic E-state index is 0.0570. The third-order valence-corrected chi connectivity index (χ3v) is 2.69. The summed E-state index contributed by atoms with van der Waals surface area (Å²) < 4.78 is 5.45. The maximum Gasteiger partial charge on any atom is 0.304 e. The van der Waals surface area contributed by atoms with Gasteiger partial charge in [-0.05, 0) is 20.8 Å². The predicted molar refractivity (Wildman–Crippen MR) is 68.4 cm³/mol. The Morgan fingerprint density at radius 3 is 2.82 bits per heavy atom. The van der Waals surface area contributed by atoms with Crippen LogP contribution in [0.4, 0.5) is 0 Å². The molecule has 1 aromatic rings. The first kappa shape index (κ1) is 14.4. The number of aliphatic hydroxyl groups excluding tert-OH is 1. The monoisotopic (exact) mass is 260 g/mol. The fraction of sp³-hybridized carbons (Fsp3) is 0.727. The molecule has 0 radical (unpaired) electrons. The Morgan fingerprint density at radius 2 is 2.29 bits per heavy atom. The summed E-state index contributed by atoms with van der Waals surface area (Å²) in [5, 5.41) is 14.5. The number of ether oxygens (including phenoxy) is 1. The van der Waals surface area contributed by atoms with E-state index in [1.807, 2.05) is 20.8 Å². The number of aliphatic hydroxyl groups is 1. The zero-order chi connectivity index (χ0) is 12.9. The first-order valence-corrected chi connectivity index (χ1v) is 6.44. The molecule has 17 heavy (non-hydrogen) atoms. The van der Waals surface area contributed by atoms with E-state index in [0.717, 1.165) is 17.0 Å². The largest absolute Gasteiger partial charge is 0.389 e. The van der Waals surface area contributed by atoms with Gasteiger partial charge in [0.15, 0.2) is 0 Å². The van der Waals surface area contributed by atoms with Crippen molar-refractivity contribution < 1.29 is 9.84 Å². The van der Waals surface area contributed by atoms with E-state index >= 15 is 0 Å². The van der Waals surface area contributed by atoms with Gasteiger partial charge in [0.25, 0.3) is 0 Å². The molecule has 0 amide bonds. The van der Waals surface area contributed by atoms with Gasteiger partial charge in [-0.1, -0.05) is 11.3 Å². The lowest BCUT2D eigenvalue weighted by Crippen LogP contribution is -2.33. The SMILES string of the molecule is CC(C)(C)OCC(O)CNCc1csc(=O)[nH]1. The third kappa shape index (κ3) is 6.58. The van der Waals surface area contributed by atoms with Crippen molar-refractivity contribution in [2.45, 2.75) is 39.0 Å². The maximum absolute atomic E-state index is 10.9. The minimum atomic E-state index is -0.542. The number of aromatic amines is 1. The Hall–Kier alpha value is -0.690. The van der Waals surface area contributed by atoms with Crippen LogP contribution in [0.15, 0.2) is 10.2 Å². The zero-order valence-electron chi connectivity index (χ0n) is 10.4. The summed E-state index contributed by atoms with van der Waals surface area (Å²) in [7, 11) is 0. The van der Waals surface area contributed by atoms with Crippen LogP contribution in [0.3, 0.4) is 0 Å². The van der Waals surface area contributed by atoms with Crippen LogP contribution in [0, 0.1) is 0 Å². The summed E-state index contributed by atoms with van der Waals surface area (Å²) in [6.07, 6.45) is -0.542. The number of thiazole rings is 1. The van der Waals surface area contributed by atoms with E-state index in [4.69, 9.17) is 4.74 Å². The van der Waals surface area contributed by atoms with Crippen molar-refractivity contribution in [3.63, 3.8) is 0 Å². The third-order valence-electron chi connectivity index (χ3n) is 1.97. The summed E-state index contributed by atoms with van der Waals surface area (Å²) in [4.78, 5) is 13.5. The van der Waals surface area contributed by atoms with Gasteiger partial charge in [-0.3, -0.25) is 4.79 Å². The lowest BCUT2D eigenvalue weighted by molar-refractivity contribution is -0.0479. The van der Waals surface area contributed by atoms with Crippen LogP contribution in [0.5, 0.6) is 0 Å². The zero-order valence-corrected chi connectivity index (χ0v) is 11.3. The Morgan fingerprint density at radius 1 is 1.59 bits per heavy atom. The Labute approximate surface area is 105 Å². The average Bonchev–Trinajstić information content (AvgIpc) is 2.60. The van der Waals surface area contributed by atoms with Gasteiger partial charge in [-0.15, -0.1) is 0 Å². The second-order valence-electron chi connectivity index (χ2n) is 4.88. The highest BCUT2D eigenvalue weighted by molar-refractivity contribution is 7.07. The molecule has 0 aliphatic carbocycles. The van der Waals surface area contributed by atoms with Gasteiger partial charge in [0.1, 0.15) is 0 Å². The smallest absolute Gasteiger partial charge is 0.304 e. The first-order valence-electron chi connectivity index (χ1n) is 5.56. The predicted octanol–water partition coefficient (Wildman–Crippen LogP) is 0.702. The van der Waals surface area contributed by atoms with E-state index in [1.54, 1.807) is 5.38 Å². The van der Waals surface area contributed by atoms with Crippen LogP contribution in [-0.4, -0.2) is 34.9 Å². The lowest BCUT2D eigenvalue weighted by atomic mass is 10.2. The molecule has 1 aromatic heterocycles. The molecule has 0 aliphatic heterocycles. The molecule has 0 saturated heterocycles. The second kappa shape index (κ2) is 6.30. The highest BCUT2D eigenvalue weighted by Gasteiger charge is 2.13. The highest BCUT2D eigenvalue weighted by Crippen LogP contribution is 2.06. The second-order valence-corrected chi connectivity index (χ2v) is 5.72. The van der Waals surface area contributed by atoms with Crippen molar-refractivity contribution in [3.05, 3.63) is 20.7 Å². The summed E-state index contributed by atoms with van der Waals surface area (Å²) in [6.45, 7) is 7.13. The summed E-state index contributed by atoms with van der Waals surface area (Å²) >= 11 is 1.14. The topological polar surface area (TPSA) is 74.3 Å². The Balaban J connectivity index is 2.16. The van der Waals surface area contributed by atoms with Crippen LogP contribution in [0.25, 0.3) is 0 Å². The summed E-state index contributed by atoms with van der Waals surface area (Å²) in [5.41, 5.74) is 0.600.